The van der Waals surface area contributed by atoms with Gasteiger partial charge in [0, 0.05) is 17.1 Å². The van der Waals surface area contributed by atoms with Crippen molar-refractivity contribution in [3.05, 3.63) is 34.9 Å². The summed E-state index contributed by atoms with van der Waals surface area (Å²) in [5, 5.41) is 4.75. The standard InChI is InChI=1S/C17H22ClN/c18-16-3-1-12(2-4-16)11-19-17-8-13-5-14(9-17)7-15(6-13)10-17/h1-4,13-15,19H,5-11H2. The van der Waals surface area contributed by atoms with Crippen molar-refractivity contribution in [2.24, 2.45) is 17.8 Å². The first-order valence-corrected chi connectivity index (χ1v) is 8.08. The Morgan fingerprint density at radius 2 is 1.47 bits per heavy atom. The third kappa shape index (κ3) is 2.32. The van der Waals surface area contributed by atoms with E-state index in [0.717, 1.165) is 29.3 Å². The minimum Gasteiger partial charge on any atom is -0.307 e. The molecule has 1 aromatic rings. The molecule has 1 nitrogen and oxygen atoms in total. The first kappa shape index (κ1) is 12.2. The third-order valence-corrected chi connectivity index (χ3v) is 5.87. The summed E-state index contributed by atoms with van der Waals surface area (Å²) in [6.07, 6.45) is 8.82. The zero-order valence-corrected chi connectivity index (χ0v) is 12.1. The van der Waals surface area contributed by atoms with Gasteiger partial charge in [-0.05, 0) is 74.0 Å². The highest BCUT2D eigenvalue weighted by Gasteiger charge is 2.50. The fraction of sp³-hybridized carbons (Fsp3) is 0.647. The summed E-state index contributed by atoms with van der Waals surface area (Å²) in [5.74, 6) is 3.05. The first-order valence-electron chi connectivity index (χ1n) is 7.70. The van der Waals surface area contributed by atoms with Gasteiger partial charge in [-0.2, -0.15) is 0 Å². The van der Waals surface area contributed by atoms with E-state index in [1.165, 1.54) is 44.1 Å². The number of benzene rings is 1. The predicted octanol–water partition coefficient (Wildman–Crippen LogP) is 4.40. The number of hydrogen-bond acceptors (Lipinski definition) is 1. The summed E-state index contributed by atoms with van der Waals surface area (Å²) >= 11 is 5.95. The van der Waals surface area contributed by atoms with E-state index in [0.29, 0.717) is 5.54 Å². The Labute approximate surface area is 120 Å². The lowest BCUT2D eigenvalue weighted by Gasteiger charge is -2.57. The highest BCUT2D eigenvalue weighted by molar-refractivity contribution is 6.30. The SMILES string of the molecule is Clc1ccc(CNC23CC4CC(CC(C4)C2)C3)cc1. The van der Waals surface area contributed by atoms with Crippen LogP contribution >= 0.6 is 11.6 Å². The van der Waals surface area contributed by atoms with Crippen LogP contribution in [0, 0.1) is 17.8 Å². The third-order valence-electron chi connectivity index (χ3n) is 5.62. The average Bonchev–Trinajstić information content (AvgIpc) is 2.36. The molecule has 0 amide bonds. The molecule has 0 radical (unpaired) electrons. The topological polar surface area (TPSA) is 12.0 Å². The maximum atomic E-state index is 5.95. The molecule has 0 atom stereocenters. The lowest BCUT2D eigenvalue weighted by Crippen LogP contribution is -2.58. The van der Waals surface area contributed by atoms with Crippen molar-refractivity contribution in [1.29, 1.82) is 0 Å². The van der Waals surface area contributed by atoms with E-state index in [9.17, 15) is 0 Å². The summed E-state index contributed by atoms with van der Waals surface area (Å²) in [7, 11) is 0. The second-order valence-electron chi connectivity index (χ2n) is 7.18. The van der Waals surface area contributed by atoms with Gasteiger partial charge in [-0.1, -0.05) is 23.7 Å². The molecule has 4 fully saturated rings. The largest absolute Gasteiger partial charge is 0.307 e. The summed E-state index contributed by atoms with van der Waals surface area (Å²) < 4.78 is 0. The van der Waals surface area contributed by atoms with Crippen molar-refractivity contribution in [2.75, 3.05) is 0 Å². The summed E-state index contributed by atoms with van der Waals surface area (Å²) in [6.45, 7) is 1.00. The minimum absolute atomic E-state index is 0.467. The van der Waals surface area contributed by atoms with Crippen LogP contribution in [0.2, 0.25) is 5.02 Å². The molecular formula is C17H22ClN. The monoisotopic (exact) mass is 275 g/mol. The van der Waals surface area contributed by atoms with Gasteiger partial charge in [0.25, 0.3) is 0 Å². The molecule has 102 valence electrons. The van der Waals surface area contributed by atoms with Gasteiger partial charge in [0.15, 0.2) is 0 Å². The molecule has 0 heterocycles. The van der Waals surface area contributed by atoms with Gasteiger partial charge in [-0.25, -0.2) is 0 Å². The van der Waals surface area contributed by atoms with E-state index < -0.39 is 0 Å². The van der Waals surface area contributed by atoms with Crippen molar-refractivity contribution in [2.45, 2.75) is 50.6 Å². The second-order valence-corrected chi connectivity index (χ2v) is 7.61. The highest BCUT2D eigenvalue weighted by Crippen LogP contribution is 2.55. The Hall–Kier alpha value is -0.530. The molecule has 19 heavy (non-hydrogen) atoms. The molecule has 0 aliphatic heterocycles. The Morgan fingerprint density at radius 1 is 0.947 bits per heavy atom. The van der Waals surface area contributed by atoms with Gasteiger partial charge >= 0.3 is 0 Å². The maximum absolute atomic E-state index is 5.95. The number of nitrogens with one attached hydrogen (secondary N) is 1. The van der Waals surface area contributed by atoms with Gasteiger partial charge in [0.1, 0.15) is 0 Å². The smallest absolute Gasteiger partial charge is 0.0406 e. The van der Waals surface area contributed by atoms with Crippen LogP contribution in [0.25, 0.3) is 0 Å². The first-order chi connectivity index (χ1) is 9.21. The Balaban J connectivity index is 1.46. The quantitative estimate of drug-likeness (QED) is 0.862. The molecule has 4 bridgehead atoms. The Bertz CT molecular complexity index is 429. The van der Waals surface area contributed by atoms with E-state index in [1.54, 1.807) is 0 Å². The Kier molecular flexibility index (Phi) is 2.89. The lowest BCUT2D eigenvalue weighted by atomic mass is 9.53. The van der Waals surface area contributed by atoms with E-state index in [1.807, 2.05) is 12.1 Å². The number of hydrogen-bond donors (Lipinski definition) is 1. The molecule has 2 heteroatoms. The van der Waals surface area contributed by atoms with Crippen LogP contribution in [0.3, 0.4) is 0 Å². The fourth-order valence-electron chi connectivity index (χ4n) is 5.22. The van der Waals surface area contributed by atoms with Gasteiger partial charge in [-0.3, -0.25) is 0 Å². The van der Waals surface area contributed by atoms with Gasteiger partial charge in [0.05, 0.1) is 0 Å². The predicted molar refractivity (Wildman–Crippen MR) is 79.2 cm³/mol. The molecule has 4 aliphatic carbocycles. The molecule has 1 N–H and O–H groups in total. The summed E-state index contributed by atoms with van der Waals surface area (Å²) in [4.78, 5) is 0. The minimum atomic E-state index is 0.467. The van der Waals surface area contributed by atoms with Crippen LogP contribution in [0.4, 0.5) is 0 Å². The molecule has 0 aromatic heterocycles. The Morgan fingerprint density at radius 3 is 2.00 bits per heavy atom. The number of halogens is 1. The lowest BCUT2D eigenvalue weighted by molar-refractivity contribution is -0.0206. The van der Waals surface area contributed by atoms with E-state index >= 15 is 0 Å². The van der Waals surface area contributed by atoms with Crippen molar-refractivity contribution in [1.82, 2.24) is 5.32 Å². The van der Waals surface area contributed by atoms with Gasteiger partial charge in [-0.15, -0.1) is 0 Å². The summed E-state index contributed by atoms with van der Waals surface area (Å²) in [6, 6.07) is 8.29. The van der Waals surface area contributed by atoms with Crippen LogP contribution in [-0.2, 0) is 6.54 Å². The maximum Gasteiger partial charge on any atom is 0.0406 e. The van der Waals surface area contributed by atoms with Crippen LogP contribution in [0.15, 0.2) is 24.3 Å². The van der Waals surface area contributed by atoms with E-state index in [2.05, 4.69) is 17.4 Å². The zero-order valence-electron chi connectivity index (χ0n) is 11.4. The van der Waals surface area contributed by atoms with E-state index in [4.69, 9.17) is 11.6 Å². The van der Waals surface area contributed by atoms with Crippen molar-refractivity contribution >= 4 is 11.6 Å². The molecule has 0 unspecified atom stereocenters. The molecule has 0 spiro atoms. The van der Waals surface area contributed by atoms with Crippen molar-refractivity contribution in [3.8, 4) is 0 Å². The second kappa shape index (κ2) is 4.49. The van der Waals surface area contributed by atoms with Crippen LogP contribution in [0.1, 0.15) is 44.1 Å². The van der Waals surface area contributed by atoms with Crippen LogP contribution in [-0.4, -0.2) is 5.54 Å². The van der Waals surface area contributed by atoms with Crippen LogP contribution < -0.4 is 5.32 Å². The average molecular weight is 276 g/mol. The van der Waals surface area contributed by atoms with E-state index in [-0.39, 0.29) is 0 Å². The van der Waals surface area contributed by atoms with Crippen molar-refractivity contribution < 1.29 is 0 Å². The van der Waals surface area contributed by atoms with Crippen LogP contribution in [0.5, 0.6) is 0 Å². The molecule has 0 saturated heterocycles. The van der Waals surface area contributed by atoms with Crippen molar-refractivity contribution in [3.63, 3.8) is 0 Å². The summed E-state index contributed by atoms with van der Waals surface area (Å²) in [5.41, 5.74) is 1.83. The normalized spacial score (nSPS) is 39.7. The number of rotatable bonds is 3. The molecule has 4 saturated carbocycles. The molecule has 1 aromatic carbocycles. The fourth-order valence-corrected chi connectivity index (χ4v) is 5.34. The highest BCUT2D eigenvalue weighted by atomic mass is 35.5. The van der Waals surface area contributed by atoms with Gasteiger partial charge < -0.3 is 5.32 Å². The van der Waals surface area contributed by atoms with Gasteiger partial charge in [0.2, 0.25) is 0 Å². The molecule has 4 aliphatic rings. The molecule has 5 rings (SSSR count). The molecular weight excluding hydrogens is 254 g/mol. The zero-order chi connectivity index (χ0) is 12.9.